The Hall–Kier alpha value is -2.33. The van der Waals surface area contributed by atoms with Gasteiger partial charge < -0.3 is 5.11 Å². The van der Waals surface area contributed by atoms with Crippen LogP contribution in [0.5, 0.6) is 5.75 Å². The third-order valence-corrected chi connectivity index (χ3v) is 3.51. The van der Waals surface area contributed by atoms with Crippen LogP contribution in [0.2, 0.25) is 5.02 Å². The standard InChI is InChI=1S/C15H11ClN2O2/c1-18-13(8-19)12-4-2-3-11(15(12)17-18)10-6-5-9(16)7-14(10)20/h2-8,20H,1H3. The number of phenols is 1. The van der Waals surface area contributed by atoms with Crippen LogP contribution in [0.4, 0.5) is 0 Å². The van der Waals surface area contributed by atoms with Crippen molar-refractivity contribution in [3.63, 3.8) is 0 Å². The molecule has 4 nitrogen and oxygen atoms in total. The summed E-state index contributed by atoms with van der Waals surface area (Å²) < 4.78 is 1.54. The number of nitrogens with zero attached hydrogens (tertiary/aromatic N) is 2. The lowest BCUT2D eigenvalue weighted by atomic mass is 10.0. The minimum atomic E-state index is 0.0864. The molecule has 0 bridgehead atoms. The summed E-state index contributed by atoms with van der Waals surface area (Å²) in [6, 6.07) is 10.5. The number of benzene rings is 2. The van der Waals surface area contributed by atoms with Crippen LogP contribution in [0.15, 0.2) is 36.4 Å². The van der Waals surface area contributed by atoms with Gasteiger partial charge in [-0.2, -0.15) is 5.10 Å². The Kier molecular flexibility index (Phi) is 2.95. The van der Waals surface area contributed by atoms with Gasteiger partial charge in [-0.25, -0.2) is 0 Å². The number of halogens is 1. The summed E-state index contributed by atoms with van der Waals surface area (Å²) in [5.74, 6) is 0.0864. The summed E-state index contributed by atoms with van der Waals surface area (Å²) in [6.45, 7) is 0. The number of aryl methyl sites for hydroxylation is 1. The van der Waals surface area contributed by atoms with Crippen molar-refractivity contribution in [2.24, 2.45) is 7.05 Å². The van der Waals surface area contributed by atoms with Crippen LogP contribution in [0.3, 0.4) is 0 Å². The van der Waals surface area contributed by atoms with Crippen LogP contribution in [0.25, 0.3) is 22.0 Å². The maximum absolute atomic E-state index is 11.1. The first-order valence-electron chi connectivity index (χ1n) is 6.01. The van der Waals surface area contributed by atoms with Crippen molar-refractivity contribution in [2.75, 3.05) is 0 Å². The van der Waals surface area contributed by atoms with Crippen LogP contribution in [0.1, 0.15) is 10.5 Å². The van der Waals surface area contributed by atoms with Gasteiger partial charge in [0.05, 0.1) is 0 Å². The lowest BCUT2D eigenvalue weighted by Gasteiger charge is -2.05. The second kappa shape index (κ2) is 4.65. The third-order valence-electron chi connectivity index (χ3n) is 3.27. The maximum atomic E-state index is 11.1. The molecule has 2 aromatic carbocycles. The van der Waals surface area contributed by atoms with Crippen LogP contribution in [0, 0.1) is 0 Å². The van der Waals surface area contributed by atoms with Crippen LogP contribution < -0.4 is 0 Å². The molecule has 100 valence electrons. The van der Waals surface area contributed by atoms with E-state index in [0.29, 0.717) is 21.8 Å². The summed E-state index contributed by atoms with van der Waals surface area (Å²) in [4.78, 5) is 11.1. The molecule has 3 rings (SSSR count). The maximum Gasteiger partial charge on any atom is 0.168 e. The summed E-state index contributed by atoms with van der Waals surface area (Å²) in [6.07, 6.45) is 0.779. The highest BCUT2D eigenvalue weighted by Crippen LogP contribution is 2.35. The van der Waals surface area contributed by atoms with E-state index in [2.05, 4.69) is 5.10 Å². The molecule has 0 atom stereocenters. The lowest BCUT2D eigenvalue weighted by molar-refractivity contribution is 0.111. The van der Waals surface area contributed by atoms with Crippen molar-refractivity contribution in [3.8, 4) is 16.9 Å². The fourth-order valence-corrected chi connectivity index (χ4v) is 2.49. The fraction of sp³-hybridized carbons (Fsp3) is 0.0667. The number of phenolic OH excluding ortho intramolecular Hbond substituents is 1. The highest BCUT2D eigenvalue weighted by Gasteiger charge is 2.14. The molecule has 0 fully saturated rings. The van der Waals surface area contributed by atoms with E-state index in [1.54, 1.807) is 19.2 Å². The highest BCUT2D eigenvalue weighted by molar-refractivity contribution is 6.30. The predicted octanol–water partition coefficient (Wildman–Crippen LogP) is 3.41. The van der Waals surface area contributed by atoms with E-state index in [4.69, 9.17) is 11.6 Å². The Morgan fingerprint density at radius 2 is 2.05 bits per heavy atom. The average molecular weight is 287 g/mol. The van der Waals surface area contributed by atoms with E-state index in [9.17, 15) is 9.90 Å². The minimum absolute atomic E-state index is 0.0864. The molecular formula is C15H11ClN2O2. The molecule has 1 heterocycles. The molecule has 0 saturated carbocycles. The van der Waals surface area contributed by atoms with Crippen molar-refractivity contribution in [1.82, 2.24) is 9.78 Å². The second-order valence-electron chi connectivity index (χ2n) is 4.49. The zero-order valence-corrected chi connectivity index (χ0v) is 11.4. The molecule has 0 aliphatic rings. The first-order valence-corrected chi connectivity index (χ1v) is 6.39. The van der Waals surface area contributed by atoms with Crippen LogP contribution in [-0.2, 0) is 7.05 Å². The Morgan fingerprint density at radius 3 is 2.75 bits per heavy atom. The molecule has 0 aliphatic carbocycles. The molecule has 20 heavy (non-hydrogen) atoms. The Balaban J connectivity index is 2.34. The molecule has 0 radical (unpaired) electrons. The number of carbonyl (C=O) groups excluding carboxylic acids is 1. The molecular weight excluding hydrogens is 276 g/mol. The topological polar surface area (TPSA) is 55.1 Å². The lowest BCUT2D eigenvalue weighted by Crippen LogP contribution is -1.95. The van der Waals surface area contributed by atoms with E-state index in [1.165, 1.54) is 10.7 Å². The molecule has 0 aliphatic heterocycles. The van der Waals surface area contributed by atoms with Crippen molar-refractivity contribution in [1.29, 1.82) is 0 Å². The highest BCUT2D eigenvalue weighted by atomic mass is 35.5. The number of hydrogen-bond donors (Lipinski definition) is 1. The number of fused-ring (bicyclic) bond motifs is 1. The van der Waals surface area contributed by atoms with Gasteiger partial charge in [0.15, 0.2) is 6.29 Å². The van der Waals surface area contributed by atoms with Crippen molar-refractivity contribution in [3.05, 3.63) is 47.1 Å². The summed E-state index contributed by atoms with van der Waals surface area (Å²) in [5, 5.41) is 15.6. The molecule has 1 aromatic heterocycles. The van der Waals surface area contributed by atoms with E-state index >= 15 is 0 Å². The van der Waals surface area contributed by atoms with E-state index < -0.39 is 0 Å². The number of carbonyl (C=O) groups is 1. The largest absolute Gasteiger partial charge is 0.507 e. The minimum Gasteiger partial charge on any atom is -0.507 e. The third kappa shape index (κ3) is 1.85. The van der Waals surface area contributed by atoms with E-state index in [0.717, 1.165) is 17.2 Å². The van der Waals surface area contributed by atoms with Gasteiger partial charge in [0.1, 0.15) is 17.0 Å². The fourth-order valence-electron chi connectivity index (χ4n) is 2.33. The number of rotatable bonds is 2. The smallest absolute Gasteiger partial charge is 0.168 e. The van der Waals surface area contributed by atoms with Gasteiger partial charge in [-0.1, -0.05) is 29.8 Å². The van der Waals surface area contributed by atoms with Crippen LogP contribution in [-0.4, -0.2) is 21.2 Å². The van der Waals surface area contributed by atoms with Crippen molar-refractivity contribution >= 4 is 28.8 Å². The quantitative estimate of drug-likeness (QED) is 0.735. The zero-order valence-electron chi connectivity index (χ0n) is 10.7. The van der Waals surface area contributed by atoms with Crippen molar-refractivity contribution < 1.29 is 9.90 Å². The predicted molar refractivity (Wildman–Crippen MR) is 78.2 cm³/mol. The Morgan fingerprint density at radius 1 is 1.25 bits per heavy atom. The molecule has 0 amide bonds. The van der Waals surface area contributed by atoms with Gasteiger partial charge in [-0.3, -0.25) is 9.48 Å². The van der Waals surface area contributed by atoms with Gasteiger partial charge in [0.25, 0.3) is 0 Å². The van der Waals surface area contributed by atoms with Crippen LogP contribution >= 0.6 is 11.6 Å². The van der Waals surface area contributed by atoms with Gasteiger partial charge >= 0.3 is 0 Å². The average Bonchev–Trinajstić information content (AvgIpc) is 2.74. The first-order chi connectivity index (χ1) is 9.61. The van der Waals surface area contributed by atoms with Gasteiger partial charge in [0, 0.05) is 28.6 Å². The number of aromatic hydroxyl groups is 1. The van der Waals surface area contributed by atoms with Crippen molar-refractivity contribution in [2.45, 2.75) is 0 Å². The second-order valence-corrected chi connectivity index (χ2v) is 4.93. The Labute approximate surface area is 120 Å². The molecule has 3 aromatic rings. The number of aldehydes is 1. The molecule has 5 heteroatoms. The summed E-state index contributed by atoms with van der Waals surface area (Å²) in [5.41, 5.74) is 2.58. The Bertz CT molecular complexity index is 824. The number of aromatic nitrogens is 2. The first kappa shape index (κ1) is 12.7. The monoisotopic (exact) mass is 286 g/mol. The van der Waals surface area contributed by atoms with Gasteiger partial charge in [-0.05, 0) is 18.2 Å². The number of hydrogen-bond acceptors (Lipinski definition) is 3. The van der Waals surface area contributed by atoms with E-state index in [1.807, 2.05) is 18.2 Å². The van der Waals surface area contributed by atoms with Gasteiger partial charge in [0.2, 0.25) is 0 Å². The summed E-state index contributed by atoms with van der Waals surface area (Å²) >= 11 is 5.85. The molecule has 0 saturated heterocycles. The van der Waals surface area contributed by atoms with Gasteiger partial charge in [-0.15, -0.1) is 0 Å². The zero-order chi connectivity index (χ0) is 14.3. The van der Waals surface area contributed by atoms with E-state index in [-0.39, 0.29) is 5.75 Å². The summed E-state index contributed by atoms with van der Waals surface area (Å²) in [7, 11) is 1.72. The molecule has 0 unspecified atom stereocenters. The molecule has 0 spiro atoms. The normalized spacial score (nSPS) is 10.9. The SMILES string of the molecule is Cn1nc2c(-c3ccc(Cl)cc3O)cccc2c1C=O. The molecule has 1 N–H and O–H groups in total.